The molecule has 156 valence electrons. The molecule has 0 atom stereocenters. The normalized spacial score (nSPS) is 13.8. The number of hydrogen-bond acceptors (Lipinski definition) is 5. The molecule has 3 rings (SSSR count). The van der Waals surface area contributed by atoms with Crippen molar-refractivity contribution in [2.24, 2.45) is 0 Å². The van der Waals surface area contributed by atoms with Gasteiger partial charge in [-0.15, -0.1) is 0 Å². The van der Waals surface area contributed by atoms with E-state index in [0.717, 1.165) is 34.0 Å². The molecule has 6 heteroatoms. The van der Waals surface area contributed by atoms with Gasteiger partial charge in [-0.05, 0) is 79.1 Å². The van der Waals surface area contributed by atoms with Gasteiger partial charge in [0.1, 0.15) is 17.2 Å². The number of imide groups is 1. The second-order valence-electron chi connectivity index (χ2n) is 5.81. The lowest BCUT2D eigenvalue weighted by molar-refractivity contribution is -0.115. The van der Waals surface area contributed by atoms with Gasteiger partial charge in [0.15, 0.2) is 0 Å². The Bertz CT molecular complexity index is 902. The molecule has 1 aliphatic heterocycles. The fourth-order valence-corrected chi connectivity index (χ4v) is 3.15. The Morgan fingerprint density at radius 2 is 1.55 bits per heavy atom. The lowest BCUT2D eigenvalue weighted by Crippen LogP contribution is -2.17. The monoisotopic (exact) mass is 415 g/mol. The number of nitrogens with one attached hydrogen (secondary N) is 1. The van der Waals surface area contributed by atoms with E-state index in [2.05, 4.69) is 5.32 Å². The standard InChI is InChI=1S/C19H17NO4S.2C2H6/c1-10-8-15(11(2)12(3)17(10)21)24-14-6-4-13(5-7-14)9-16-18(22)20-19(23)25-16;2*1-2/h4-9,21H,1-3H3,(H,20,22,23);2*1-2H3/b16-9-;;. The van der Waals surface area contributed by atoms with Crippen LogP contribution < -0.4 is 10.1 Å². The first-order valence-electron chi connectivity index (χ1n) is 9.67. The van der Waals surface area contributed by atoms with Crippen LogP contribution in [0.15, 0.2) is 35.2 Å². The van der Waals surface area contributed by atoms with Crippen LogP contribution in [0.4, 0.5) is 4.79 Å². The number of benzene rings is 2. The molecule has 0 bridgehead atoms. The summed E-state index contributed by atoms with van der Waals surface area (Å²) >= 11 is 0.888. The molecule has 5 nitrogen and oxygen atoms in total. The van der Waals surface area contributed by atoms with Crippen LogP contribution in [0.1, 0.15) is 49.9 Å². The molecular formula is C23H29NO4S. The maximum absolute atomic E-state index is 11.6. The number of carbonyl (C=O) groups is 2. The Morgan fingerprint density at radius 3 is 2.07 bits per heavy atom. The Balaban J connectivity index is 0.000000989. The molecule has 0 saturated carbocycles. The summed E-state index contributed by atoms with van der Waals surface area (Å²) in [5.41, 5.74) is 3.24. The molecule has 1 aliphatic rings. The maximum Gasteiger partial charge on any atom is 0.290 e. The molecule has 0 aromatic heterocycles. The Kier molecular flexibility index (Phi) is 9.48. The fraction of sp³-hybridized carbons (Fsp3) is 0.304. The van der Waals surface area contributed by atoms with Crippen LogP contribution in [-0.4, -0.2) is 16.3 Å². The van der Waals surface area contributed by atoms with E-state index >= 15 is 0 Å². The predicted octanol–water partition coefficient (Wildman–Crippen LogP) is 6.49. The highest BCUT2D eigenvalue weighted by molar-refractivity contribution is 8.18. The van der Waals surface area contributed by atoms with E-state index in [1.54, 1.807) is 24.3 Å². The number of phenols is 1. The van der Waals surface area contributed by atoms with Gasteiger partial charge < -0.3 is 9.84 Å². The lowest BCUT2D eigenvalue weighted by Gasteiger charge is -2.14. The molecule has 2 N–H and O–H groups in total. The second-order valence-corrected chi connectivity index (χ2v) is 6.83. The molecule has 1 heterocycles. The summed E-state index contributed by atoms with van der Waals surface area (Å²) in [6.07, 6.45) is 1.66. The second kappa shape index (κ2) is 11.3. The predicted molar refractivity (Wildman–Crippen MR) is 121 cm³/mol. The SMILES string of the molecule is CC.CC.Cc1cc(Oc2ccc(/C=C3\SC(=O)NC3=O)cc2)c(C)c(C)c1O. The summed E-state index contributed by atoms with van der Waals surface area (Å²) in [5, 5.41) is 11.8. The summed E-state index contributed by atoms with van der Waals surface area (Å²) in [6.45, 7) is 13.6. The lowest BCUT2D eigenvalue weighted by atomic mass is 10.0. The highest BCUT2D eigenvalue weighted by Gasteiger charge is 2.24. The van der Waals surface area contributed by atoms with Crippen LogP contribution in [0.3, 0.4) is 0 Å². The number of hydrogen-bond donors (Lipinski definition) is 2. The van der Waals surface area contributed by atoms with Crippen molar-refractivity contribution in [2.45, 2.75) is 48.5 Å². The molecule has 1 saturated heterocycles. The number of carbonyl (C=O) groups excluding carboxylic acids is 2. The first-order chi connectivity index (χ1) is 13.8. The van der Waals surface area contributed by atoms with Crippen molar-refractivity contribution in [1.82, 2.24) is 5.32 Å². The number of phenolic OH excluding ortho intramolecular Hbond substituents is 1. The van der Waals surface area contributed by atoms with Gasteiger partial charge in [-0.3, -0.25) is 14.9 Å². The topological polar surface area (TPSA) is 75.6 Å². The van der Waals surface area contributed by atoms with Crippen molar-refractivity contribution in [3.8, 4) is 17.2 Å². The first-order valence-corrected chi connectivity index (χ1v) is 10.5. The molecular weight excluding hydrogens is 386 g/mol. The van der Waals surface area contributed by atoms with E-state index < -0.39 is 0 Å². The number of aryl methyl sites for hydroxylation is 1. The Morgan fingerprint density at radius 1 is 0.966 bits per heavy atom. The molecule has 2 aromatic rings. The highest BCUT2D eigenvalue weighted by atomic mass is 32.2. The van der Waals surface area contributed by atoms with E-state index in [1.165, 1.54) is 0 Å². The van der Waals surface area contributed by atoms with Crippen molar-refractivity contribution in [3.05, 3.63) is 57.5 Å². The molecule has 1 fully saturated rings. The van der Waals surface area contributed by atoms with Gasteiger partial charge in [0.2, 0.25) is 0 Å². The molecule has 2 amide bonds. The molecule has 0 radical (unpaired) electrons. The molecule has 2 aromatic carbocycles. The number of rotatable bonds is 3. The molecule has 0 spiro atoms. The van der Waals surface area contributed by atoms with Gasteiger partial charge in [0.25, 0.3) is 11.1 Å². The third-order valence-corrected chi connectivity index (χ3v) is 4.87. The summed E-state index contributed by atoms with van der Waals surface area (Å²) in [5.74, 6) is 1.25. The van der Waals surface area contributed by atoms with Crippen molar-refractivity contribution < 1.29 is 19.4 Å². The minimum absolute atomic E-state index is 0.286. The smallest absolute Gasteiger partial charge is 0.290 e. The molecule has 29 heavy (non-hydrogen) atoms. The van der Waals surface area contributed by atoms with Gasteiger partial charge in [-0.1, -0.05) is 39.8 Å². The Hall–Kier alpha value is -2.73. The van der Waals surface area contributed by atoms with E-state index in [0.29, 0.717) is 16.4 Å². The van der Waals surface area contributed by atoms with E-state index in [-0.39, 0.29) is 16.9 Å². The Labute approximate surface area is 177 Å². The molecule has 0 aliphatic carbocycles. The number of aromatic hydroxyl groups is 1. The van der Waals surface area contributed by atoms with Crippen LogP contribution >= 0.6 is 11.8 Å². The number of amides is 2. The molecule has 0 unspecified atom stereocenters. The summed E-state index contributed by atoms with van der Waals surface area (Å²) in [7, 11) is 0. The minimum atomic E-state index is -0.374. The van der Waals surface area contributed by atoms with E-state index in [9.17, 15) is 14.7 Å². The number of ether oxygens (including phenoxy) is 1. The van der Waals surface area contributed by atoms with Gasteiger partial charge in [0, 0.05) is 0 Å². The quantitative estimate of drug-likeness (QED) is 0.561. The zero-order chi connectivity index (χ0) is 22.1. The van der Waals surface area contributed by atoms with E-state index in [4.69, 9.17) is 4.74 Å². The summed E-state index contributed by atoms with van der Waals surface area (Å²) in [6, 6.07) is 9.02. The zero-order valence-electron chi connectivity index (χ0n) is 18.0. The van der Waals surface area contributed by atoms with E-state index in [1.807, 2.05) is 60.6 Å². The average molecular weight is 416 g/mol. The minimum Gasteiger partial charge on any atom is -0.507 e. The van der Waals surface area contributed by atoms with Gasteiger partial charge >= 0.3 is 0 Å². The van der Waals surface area contributed by atoms with Gasteiger partial charge in [0.05, 0.1) is 4.91 Å². The highest BCUT2D eigenvalue weighted by Crippen LogP contribution is 2.35. The average Bonchev–Trinajstić information content (AvgIpc) is 3.05. The van der Waals surface area contributed by atoms with Crippen LogP contribution in [0.5, 0.6) is 17.2 Å². The number of thioether (sulfide) groups is 1. The van der Waals surface area contributed by atoms with Crippen LogP contribution in [0.2, 0.25) is 0 Å². The first kappa shape index (κ1) is 24.3. The fourth-order valence-electron chi connectivity index (χ4n) is 2.47. The maximum atomic E-state index is 11.6. The third kappa shape index (κ3) is 6.12. The summed E-state index contributed by atoms with van der Waals surface area (Å²) in [4.78, 5) is 23.1. The summed E-state index contributed by atoms with van der Waals surface area (Å²) < 4.78 is 5.92. The largest absolute Gasteiger partial charge is 0.507 e. The van der Waals surface area contributed by atoms with Crippen molar-refractivity contribution in [1.29, 1.82) is 0 Å². The van der Waals surface area contributed by atoms with Crippen LogP contribution in [-0.2, 0) is 4.79 Å². The zero-order valence-corrected chi connectivity index (χ0v) is 18.9. The third-order valence-electron chi connectivity index (χ3n) is 4.06. The van der Waals surface area contributed by atoms with Crippen LogP contribution in [0.25, 0.3) is 6.08 Å². The van der Waals surface area contributed by atoms with Crippen molar-refractivity contribution in [2.75, 3.05) is 0 Å². The van der Waals surface area contributed by atoms with Gasteiger partial charge in [-0.25, -0.2) is 0 Å². The van der Waals surface area contributed by atoms with Crippen molar-refractivity contribution in [3.63, 3.8) is 0 Å². The van der Waals surface area contributed by atoms with Crippen molar-refractivity contribution >= 4 is 29.0 Å². The van der Waals surface area contributed by atoms with Gasteiger partial charge in [-0.2, -0.15) is 0 Å². The van der Waals surface area contributed by atoms with Crippen LogP contribution in [0, 0.1) is 20.8 Å².